The van der Waals surface area contributed by atoms with Gasteiger partial charge in [0.1, 0.15) is 19.3 Å². The van der Waals surface area contributed by atoms with Crippen molar-refractivity contribution in [3.63, 3.8) is 0 Å². The van der Waals surface area contributed by atoms with E-state index in [1.54, 1.807) is 29.2 Å². The molecule has 1 aromatic carbocycles. The third-order valence-corrected chi connectivity index (χ3v) is 4.09. The normalized spacial score (nSPS) is 18.7. The van der Waals surface area contributed by atoms with Crippen molar-refractivity contribution in [1.29, 1.82) is 0 Å². The van der Waals surface area contributed by atoms with Gasteiger partial charge < -0.3 is 29.5 Å². The van der Waals surface area contributed by atoms with Crippen LogP contribution >= 0.6 is 0 Å². The van der Waals surface area contributed by atoms with Crippen LogP contribution in [0.15, 0.2) is 24.3 Å². The van der Waals surface area contributed by atoms with Gasteiger partial charge in [0.2, 0.25) is 11.8 Å². The minimum Gasteiger partial charge on any atom is -0.386 e. The topological polar surface area (TPSA) is 97.3 Å². The molecule has 0 aromatic heterocycles. The molecule has 1 heterocycles. The van der Waals surface area contributed by atoms with Gasteiger partial charge in [-0.3, -0.25) is 9.59 Å². The summed E-state index contributed by atoms with van der Waals surface area (Å²) in [6.45, 7) is 3.52. The van der Waals surface area contributed by atoms with E-state index in [0.717, 1.165) is 0 Å². The van der Waals surface area contributed by atoms with Crippen molar-refractivity contribution in [3.05, 3.63) is 29.8 Å². The summed E-state index contributed by atoms with van der Waals surface area (Å²) in [5.41, 5.74) is 1.24. The van der Waals surface area contributed by atoms with Crippen molar-refractivity contribution < 1.29 is 28.9 Å². The van der Waals surface area contributed by atoms with Crippen LogP contribution in [0.5, 0.6) is 0 Å². The number of amides is 2. The molecule has 2 atom stereocenters. The molecule has 1 aromatic rings. The standard InChI is InChI=1S/C18H26N2O6/c1-3-25-9-8-20-15(10-26-12-17(20)22)18(23)13-4-6-14(7-5-13)19-16(21)11-24-2/h4-7,15,18,23H,3,8-12H2,1-2H3,(H,19,21)/t15-,18-/m1/s1. The Balaban J connectivity index is 2.03. The van der Waals surface area contributed by atoms with Gasteiger partial charge in [-0.1, -0.05) is 12.1 Å². The maximum Gasteiger partial charge on any atom is 0.250 e. The van der Waals surface area contributed by atoms with Crippen LogP contribution in [0.4, 0.5) is 5.69 Å². The first kappa shape index (κ1) is 20.3. The second kappa shape index (κ2) is 10.2. The molecule has 26 heavy (non-hydrogen) atoms. The van der Waals surface area contributed by atoms with Crippen LogP contribution in [0.25, 0.3) is 0 Å². The summed E-state index contributed by atoms with van der Waals surface area (Å²) in [6, 6.07) is 6.34. The maximum atomic E-state index is 12.1. The molecule has 1 aliphatic heterocycles. The molecule has 2 amide bonds. The number of morpholine rings is 1. The number of carbonyl (C=O) groups excluding carboxylic acids is 2. The van der Waals surface area contributed by atoms with Gasteiger partial charge in [0.25, 0.3) is 0 Å². The third-order valence-electron chi connectivity index (χ3n) is 4.09. The Morgan fingerprint density at radius 2 is 2.15 bits per heavy atom. The summed E-state index contributed by atoms with van der Waals surface area (Å²) in [5.74, 6) is -0.419. The fraction of sp³-hybridized carbons (Fsp3) is 0.556. The Bertz CT molecular complexity index is 592. The van der Waals surface area contributed by atoms with E-state index in [4.69, 9.17) is 14.2 Å². The van der Waals surface area contributed by atoms with E-state index in [1.165, 1.54) is 7.11 Å². The van der Waals surface area contributed by atoms with Gasteiger partial charge in [0.05, 0.1) is 19.3 Å². The molecule has 1 saturated heterocycles. The predicted octanol–water partition coefficient (Wildman–Crippen LogP) is 0.569. The van der Waals surface area contributed by atoms with Gasteiger partial charge in [-0.25, -0.2) is 0 Å². The zero-order chi connectivity index (χ0) is 18.9. The number of anilines is 1. The van der Waals surface area contributed by atoms with Crippen molar-refractivity contribution in [2.75, 3.05) is 52.0 Å². The highest BCUT2D eigenvalue weighted by Gasteiger charge is 2.34. The highest BCUT2D eigenvalue weighted by molar-refractivity contribution is 5.91. The SMILES string of the molecule is CCOCCN1C(=O)COC[C@@H]1[C@H](O)c1ccc(NC(=O)COC)cc1. The molecule has 144 valence electrons. The van der Waals surface area contributed by atoms with Crippen molar-refractivity contribution >= 4 is 17.5 Å². The summed E-state index contributed by atoms with van der Waals surface area (Å²) < 4.78 is 15.4. The number of aliphatic hydroxyl groups excluding tert-OH is 1. The molecule has 0 radical (unpaired) electrons. The van der Waals surface area contributed by atoms with Gasteiger partial charge in [0.15, 0.2) is 0 Å². The molecular weight excluding hydrogens is 340 g/mol. The highest BCUT2D eigenvalue weighted by Crippen LogP contribution is 2.25. The third kappa shape index (κ3) is 5.50. The molecule has 0 aliphatic carbocycles. The van der Waals surface area contributed by atoms with E-state index in [9.17, 15) is 14.7 Å². The number of ether oxygens (including phenoxy) is 3. The molecule has 8 heteroatoms. The molecule has 8 nitrogen and oxygen atoms in total. The zero-order valence-electron chi connectivity index (χ0n) is 15.1. The van der Waals surface area contributed by atoms with Crippen LogP contribution in [-0.4, -0.2) is 74.6 Å². The minimum absolute atomic E-state index is 0.0137. The number of carbonyl (C=O) groups is 2. The Labute approximate surface area is 153 Å². The average Bonchev–Trinajstić information content (AvgIpc) is 2.63. The van der Waals surface area contributed by atoms with E-state index < -0.39 is 12.1 Å². The molecule has 1 fully saturated rings. The predicted molar refractivity (Wildman–Crippen MR) is 94.7 cm³/mol. The van der Waals surface area contributed by atoms with E-state index in [-0.39, 0.29) is 31.6 Å². The summed E-state index contributed by atoms with van der Waals surface area (Å²) in [7, 11) is 1.45. The first-order chi connectivity index (χ1) is 12.6. The second-order valence-corrected chi connectivity index (χ2v) is 5.91. The lowest BCUT2D eigenvalue weighted by atomic mass is 10.00. The first-order valence-electron chi connectivity index (χ1n) is 8.58. The van der Waals surface area contributed by atoms with Gasteiger partial charge in [-0.15, -0.1) is 0 Å². The van der Waals surface area contributed by atoms with Crippen molar-refractivity contribution in [2.24, 2.45) is 0 Å². The monoisotopic (exact) mass is 366 g/mol. The molecule has 1 aliphatic rings. The van der Waals surface area contributed by atoms with Crippen LogP contribution in [0.3, 0.4) is 0 Å². The van der Waals surface area contributed by atoms with Crippen LogP contribution < -0.4 is 5.32 Å². The molecule has 0 unspecified atom stereocenters. The van der Waals surface area contributed by atoms with Crippen LogP contribution in [0.1, 0.15) is 18.6 Å². The molecule has 0 spiro atoms. The van der Waals surface area contributed by atoms with Gasteiger partial charge in [-0.05, 0) is 24.6 Å². The van der Waals surface area contributed by atoms with E-state index in [2.05, 4.69) is 5.32 Å². The number of benzene rings is 1. The van der Waals surface area contributed by atoms with Gasteiger partial charge >= 0.3 is 0 Å². The molecular formula is C18H26N2O6. The second-order valence-electron chi connectivity index (χ2n) is 5.91. The molecule has 2 rings (SSSR count). The molecule has 0 saturated carbocycles. The summed E-state index contributed by atoms with van der Waals surface area (Å²) >= 11 is 0. The van der Waals surface area contributed by atoms with Gasteiger partial charge in [-0.2, -0.15) is 0 Å². The Hall–Kier alpha value is -2.00. The number of hydrogen-bond donors (Lipinski definition) is 2. The van der Waals surface area contributed by atoms with Crippen molar-refractivity contribution in [1.82, 2.24) is 4.90 Å². The fourth-order valence-electron chi connectivity index (χ4n) is 2.80. The lowest BCUT2D eigenvalue weighted by Gasteiger charge is -2.38. The summed E-state index contributed by atoms with van der Waals surface area (Å²) in [4.78, 5) is 25.3. The van der Waals surface area contributed by atoms with Crippen LogP contribution in [0, 0.1) is 0 Å². The summed E-state index contributed by atoms with van der Waals surface area (Å²) in [6.07, 6.45) is -0.899. The maximum absolute atomic E-state index is 12.1. The number of hydrogen-bond acceptors (Lipinski definition) is 6. The van der Waals surface area contributed by atoms with Gasteiger partial charge in [0, 0.05) is 25.9 Å². The quantitative estimate of drug-likeness (QED) is 0.620. The van der Waals surface area contributed by atoms with Crippen molar-refractivity contribution in [3.8, 4) is 0 Å². The number of rotatable bonds is 9. The molecule has 2 N–H and O–H groups in total. The number of aliphatic hydroxyl groups is 1. The van der Waals surface area contributed by atoms with Crippen LogP contribution in [-0.2, 0) is 23.8 Å². The molecule has 0 bridgehead atoms. The Kier molecular flexibility index (Phi) is 7.99. The average molecular weight is 366 g/mol. The van der Waals surface area contributed by atoms with Crippen LogP contribution in [0.2, 0.25) is 0 Å². The van der Waals surface area contributed by atoms with Crippen molar-refractivity contribution in [2.45, 2.75) is 19.1 Å². The van der Waals surface area contributed by atoms with E-state index in [1.807, 2.05) is 6.92 Å². The fourth-order valence-corrected chi connectivity index (χ4v) is 2.80. The summed E-state index contributed by atoms with van der Waals surface area (Å²) in [5, 5.41) is 13.4. The lowest BCUT2D eigenvalue weighted by Crippen LogP contribution is -2.53. The number of methoxy groups -OCH3 is 1. The van der Waals surface area contributed by atoms with E-state index >= 15 is 0 Å². The highest BCUT2D eigenvalue weighted by atomic mass is 16.5. The minimum atomic E-state index is -0.899. The Morgan fingerprint density at radius 1 is 1.42 bits per heavy atom. The zero-order valence-corrected chi connectivity index (χ0v) is 15.1. The number of nitrogens with one attached hydrogen (secondary N) is 1. The lowest BCUT2D eigenvalue weighted by molar-refractivity contribution is -0.155. The largest absolute Gasteiger partial charge is 0.386 e. The Morgan fingerprint density at radius 3 is 2.81 bits per heavy atom. The number of nitrogens with zero attached hydrogens (tertiary/aromatic N) is 1. The smallest absolute Gasteiger partial charge is 0.250 e. The first-order valence-corrected chi connectivity index (χ1v) is 8.58. The van der Waals surface area contributed by atoms with E-state index in [0.29, 0.717) is 31.0 Å².